The molecule has 0 saturated carbocycles. The van der Waals surface area contributed by atoms with E-state index in [0.29, 0.717) is 11.3 Å². The Labute approximate surface area is 149 Å². The molecule has 1 atom stereocenters. The molecule has 1 aliphatic heterocycles. The zero-order chi connectivity index (χ0) is 17.8. The molecule has 25 heavy (non-hydrogen) atoms. The van der Waals surface area contributed by atoms with Crippen molar-refractivity contribution in [3.8, 4) is 6.07 Å². The van der Waals surface area contributed by atoms with E-state index in [2.05, 4.69) is 6.07 Å². The second-order valence-corrected chi connectivity index (χ2v) is 6.29. The predicted molar refractivity (Wildman–Crippen MR) is 93.9 cm³/mol. The van der Waals surface area contributed by atoms with Crippen LogP contribution in [-0.2, 0) is 20.9 Å². The number of benzene rings is 1. The summed E-state index contributed by atoms with van der Waals surface area (Å²) in [5.41, 5.74) is 8.08. The molecule has 0 spiro atoms. The van der Waals surface area contributed by atoms with Gasteiger partial charge < -0.3 is 15.2 Å². The van der Waals surface area contributed by atoms with Crippen LogP contribution < -0.4 is 5.73 Å². The molecule has 0 bridgehead atoms. The number of thiophene rings is 1. The molecular formula is C19H16N2O3S. The predicted octanol–water partition coefficient (Wildman–Crippen LogP) is 3.57. The fourth-order valence-electron chi connectivity index (χ4n) is 2.72. The Bertz CT molecular complexity index is 877. The second-order valence-electron chi connectivity index (χ2n) is 5.51. The molecule has 0 amide bonds. The summed E-state index contributed by atoms with van der Waals surface area (Å²) in [5, 5.41) is 13.3. The minimum absolute atomic E-state index is 0.0239. The van der Waals surface area contributed by atoms with E-state index in [1.165, 1.54) is 11.3 Å². The molecule has 3 rings (SSSR count). The number of rotatable bonds is 4. The lowest BCUT2D eigenvalue weighted by Gasteiger charge is -2.26. The summed E-state index contributed by atoms with van der Waals surface area (Å²) in [6.45, 7) is 1.80. The molecule has 0 unspecified atom stereocenters. The first-order valence-corrected chi connectivity index (χ1v) is 8.57. The van der Waals surface area contributed by atoms with Crippen molar-refractivity contribution in [2.75, 3.05) is 0 Å². The van der Waals surface area contributed by atoms with Crippen LogP contribution in [-0.4, -0.2) is 5.97 Å². The number of nitriles is 1. The molecule has 1 aromatic carbocycles. The van der Waals surface area contributed by atoms with Crippen LogP contribution in [0.3, 0.4) is 0 Å². The Kier molecular flexibility index (Phi) is 4.87. The van der Waals surface area contributed by atoms with Gasteiger partial charge in [0.15, 0.2) is 0 Å². The first-order valence-electron chi connectivity index (χ1n) is 7.63. The van der Waals surface area contributed by atoms with Crippen LogP contribution in [0.5, 0.6) is 0 Å². The number of nitrogens with two attached hydrogens (primary N) is 1. The van der Waals surface area contributed by atoms with Crippen molar-refractivity contribution in [2.45, 2.75) is 19.4 Å². The SMILES string of the molecule is CC1=C(C(=O)OCc2ccccc2)[C@@H](c2ccsc2)C(C#N)=C(N)O1. The zero-order valence-electron chi connectivity index (χ0n) is 13.6. The number of carbonyl (C=O) groups excluding carboxylic acids is 1. The van der Waals surface area contributed by atoms with Gasteiger partial charge >= 0.3 is 5.97 Å². The highest BCUT2D eigenvalue weighted by atomic mass is 32.1. The number of ether oxygens (including phenoxy) is 2. The van der Waals surface area contributed by atoms with Crippen LogP contribution in [0.4, 0.5) is 0 Å². The topological polar surface area (TPSA) is 85.3 Å². The fraction of sp³-hybridized carbons (Fsp3) is 0.158. The maximum atomic E-state index is 12.7. The number of hydrogen-bond acceptors (Lipinski definition) is 6. The van der Waals surface area contributed by atoms with Gasteiger partial charge in [-0.15, -0.1) is 0 Å². The minimum atomic E-state index is -0.576. The molecule has 2 aromatic rings. The maximum absolute atomic E-state index is 12.7. The highest BCUT2D eigenvalue weighted by Crippen LogP contribution is 2.40. The van der Waals surface area contributed by atoms with E-state index in [9.17, 15) is 10.1 Å². The second kappa shape index (κ2) is 7.24. The van der Waals surface area contributed by atoms with Crippen molar-refractivity contribution in [1.29, 1.82) is 5.26 Å². The Morgan fingerprint density at radius 3 is 2.76 bits per heavy atom. The Morgan fingerprint density at radius 1 is 1.36 bits per heavy atom. The third-order valence-electron chi connectivity index (χ3n) is 3.91. The number of nitrogens with zero attached hydrogens (tertiary/aromatic N) is 1. The van der Waals surface area contributed by atoms with E-state index in [-0.39, 0.29) is 18.1 Å². The Balaban J connectivity index is 1.90. The van der Waals surface area contributed by atoms with Crippen molar-refractivity contribution in [2.24, 2.45) is 5.73 Å². The Hall–Kier alpha value is -3.04. The van der Waals surface area contributed by atoms with Gasteiger partial charge in [-0.2, -0.15) is 16.6 Å². The summed E-state index contributed by atoms with van der Waals surface area (Å²) in [5.74, 6) is -0.715. The van der Waals surface area contributed by atoms with Gasteiger partial charge in [-0.3, -0.25) is 0 Å². The highest BCUT2D eigenvalue weighted by molar-refractivity contribution is 7.08. The van der Waals surface area contributed by atoms with Crippen LogP contribution in [0, 0.1) is 11.3 Å². The van der Waals surface area contributed by atoms with E-state index in [1.54, 1.807) is 6.92 Å². The molecule has 2 heterocycles. The summed E-state index contributed by atoms with van der Waals surface area (Å²) >= 11 is 1.48. The van der Waals surface area contributed by atoms with E-state index in [1.807, 2.05) is 47.2 Å². The van der Waals surface area contributed by atoms with Crippen LogP contribution in [0.1, 0.15) is 24.0 Å². The number of hydrogen-bond donors (Lipinski definition) is 1. The molecule has 0 fully saturated rings. The molecule has 6 heteroatoms. The quantitative estimate of drug-likeness (QED) is 0.850. The summed E-state index contributed by atoms with van der Waals surface area (Å²) in [4.78, 5) is 12.7. The normalized spacial score (nSPS) is 17.0. The van der Waals surface area contributed by atoms with Crippen molar-refractivity contribution >= 4 is 17.3 Å². The number of esters is 1. The van der Waals surface area contributed by atoms with Gasteiger partial charge in [-0.05, 0) is 34.9 Å². The highest BCUT2D eigenvalue weighted by Gasteiger charge is 2.36. The lowest BCUT2D eigenvalue weighted by molar-refractivity contribution is -0.140. The Morgan fingerprint density at radius 2 is 2.12 bits per heavy atom. The van der Waals surface area contributed by atoms with E-state index < -0.39 is 11.9 Å². The van der Waals surface area contributed by atoms with Crippen molar-refractivity contribution < 1.29 is 14.3 Å². The lowest BCUT2D eigenvalue weighted by Crippen LogP contribution is -2.25. The molecule has 126 valence electrons. The molecule has 0 radical (unpaired) electrons. The maximum Gasteiger partial charge on any atom is 0.338 e. The monoisotopic (exact) mass is 352 g/mol. The molecule has 5 nitrogen and oxygen atoms in total. The van der Waals surface area contributed by atoms with Crippen molar-refractivity contribution in [3.63, 3.8) is 0 Å². The molecule has 0 aliphatic carbocycles. The van der Waals surface area contributed by atoms with Gasteiger partial charge in [0.2, 0.25) is 5.88 Å². The molecule has 0 saturated heterocycles. The lowest BCUT2D eigenvalue weighted by atomic mass is 9.84. The van der Waals surface area contributed by atoms with Crippen molar-refractivity contribution in [1.82, 2.24) is 0 Å². The largest absolute Gasteiger partial charge is 0.457 e. The van der Waals surface area contributed by atoms with Gasteiger partial charge in [-0.25, -0.2) is 4.79 Å². The zero-order valence-corrected chi connectivity index (χ0v) is 14.4. The third-order valence-corrected chi connectivity index (χ3v) is 4.62. The summed E-state index contributed by atoms with van der Waals surface area (Å²) in [6.07, 6.45) is 0. The van der Waals surface area contributed by atoms with Crippen molar-refractivity contribution in [3.05, 3.63) is 81.1 Å². The number of allylic oxidation sites excluding steroid dienone is 2. The van der Waals surface area contributed by atoms with E-state index in [4.69, 9.17) is 15.2 Å². The average molecular weight is 352 g/mol. The fourth-order valence-corrected chi connectivity index (χ4v) is 3.41. The van der Waals surface area contributed by atoms with Crippen LogP contribution >= 0.6 is 11.3 Å². The molecular weight excluding hydrogens is 336 g/mol. The average Bonchev–Trinajstić information content (AvgIpc) is 3.14. The summed E-state index contributed by atoms with van der Waals surface area (Å²) in [6, 6.07) is 13.3. The van der Waals surface area contributed by atoms with Gasteiger partial charge in [0, 0.05) is 0 Å². The van der Waals surface area contributed by atoms with Gasteiger partial charge in [0.05, 0.1) is 11.5 Å². The van der Waals surface area contributed by atoms with Gasteiger partial charge in [0.1, 0.15) is 24.0 Å². The summed E-state index contributed by atoms with van der Waals surface area (Å²) < 4.78 is 10.9. The molecule has 2 N–H and O–H groups in total. The first kappa shape index (κ1) is 16.8. The third kappa shape index (κ3) is 3.42. The van der Waals surface area contributed by atoms with Crippen LogP contribution in [0.2, 0.25) is 0 Å². The number of carbonyl (C=O) groups is 1. The van der Waals surface area contributed by atoms with Crippen LogP contribution in [0.25, 0.3) is 0 Å². The van der Waals surface area contributed by atoms with Gasteiger partial charge in [0.25, 0.3) is 0 Å². The summed E-state index contributed by atoms with van der Waals surface area (Å²) in [7, 11) is 0. The van der Waals surface area contributed by atoms with E-state index >= 15 is 0 Å². The standard InChI is InChI=1S/C19H16N2O3S/c1-12-16(19(22)23-10-13-5-3-2-4-6-13)17(14-7-8-25-11-14)15(9-20)18(21)24-12/h2-8,11,17H,10,21H2,1H3/t17-/m0/s1. The molecule has 1 aliphatic rings. The smallest absolute Gasteiger partial charge is 0.338 e. The van der Waals surface area contributed by atoms with E-state index in [0.717, 1.165) is 11.1 Å². The molecule has 1 aromatic heterocycles. The van der Waals surface area contributed by atoms with Crippen LogP contribution in [0.15, 0.2) is 69.9 Å². The first-order chi connectivity index (χ1) is 12.1. The minimum Gasteiger partial charge on any atom is -0.457 e. The van der Waals surface area contributed by atoms with Gasteiger partial charge in [-0.1, -0.05) is 30.3 Å².